The maximum absolute atomic E-state index is 11.8. The second kappa shape index (κ2) is 5.66. The smallest absolute Gasteiger partial charge is 0.316 e. The third kappa shape index (κ3) is 3.02. The van der Waals surface area contributed by atoms with Gasteiger partial charge in [-0.2, -0.15) is 0 Å². The minimum Gasteiger partial charge on any atom is -0.422 e. The summed E-state index contributed by atoms with van der Waals surface area (Å²) in [6.07, 6.45) is 0.620. The summed E-state index contributed by atoms with van der Waals surface area (Å²) in [5.74, 6) is -2.97. The zero-order valence-corrected chi connectivity index (χ0v) is 11.1. The number of Topliss-reactive ketones (excluding diaryl/α,β-unsaturated/α-hetero) is 1. The molecule has 0 bridgehead atoms. The number of ether oxygens (including phenoxy) is 1. The molecule has 1 aliphatic rings. The lowest BCUT2D eigenvalue weighted by atomic mass is 10.1. The first-order valence-corrected chi connectivity index (χ1v) is 6.13. The van der Waals surface area contributed by atoms with Crippen LogP contribution in [0.25, 0.3) is 0 Å². The lowest BCUT2D eigenvalue weighted by Crippen LogP contribution is -2.16. The number of esters is 1. The van der Waals surface area contributed by atoms with Crippen molar-refractivity contribution in [3.05, 3.63) is 51.8 Å². The lowest BCUT2D eigenvalue weighted by Gasteiger charge is -2.05. The first-order valence-electron chi connectivity index (χ1n) is 6.13. The fraction of sp³-hybridized carbons (Fsp3) is 0.214. The van der Waals surface area contributed by atoms with E-state index < -0.39 is 28.4 Å². The summed E-state index contributed by atoms with van der Waals surface area (Å²) in [4.78, 5) is 44.9. The topological polar surface area (TPSA) is 104 Å². The summed E-state index contributed by atoms with van der Waals surface area (Å²) in [6.45, 7) is 1.42. The molecule has 1 atom stereocenters. The van der Waals surface area contributed by atoms with Crippen LogP contribution in [0, 0.1) is 16.0 Å². The first kappa shape index (κ1) is 14.6. The van der Waals surface area contributed by atoms with Gasteiger partial charge in [0.25, 0.3) is 5.69 Å². The van der Waals surface area contributed by atoms with E-state index in [1.54, 1.807) is 6.07 Å². The zero-order valence-electron chi connectivity index (χ0n) is 11.1. The molecule has 0 aliphatic heterocycles. The van der Waals surface area contributed by atoms with Crippen molar-refractivity contribution in [1.82, 2.24) is 0 Å². The highest BCUT2D eigenvalue weighted by molar-refractivity contribution is 6.21. The quantitative estimate of drug-likeness (QED) is 0.358. The molecule has 1 aromatic carbocycles. The molecule has 7 nitrogen and oxygen atoms in total. The molecule has 0 unspecified atom stereocenters. The Morgan fingerprint density at radius 1 is 1.33 bits per heavy atom. The summed E-state index contributed by atoms with van der Waals surface area (Å²) in [5.41, 5.74) is -0.0245. The van der Waals surface area contributed by atoms with Crippen molar-refractivity contribution in [2.24, 2.45) is 5.92 Å². The van der Waals surface area contributed by atoms with E-state index in [4.69, 9.17) is 4.74 Å². The number of allylic oxidation sites excluding steroid dienone is 2. The predicted molar refractivity (Wildman–Crippen MR) is 70.2 cm³/mol. The van der Waals surface area contributed by atoms with Gasteiger partial charge >= 0.3 is 5.97 Å². The Labute approximate surface area is 119 Å². The Kier molecular flexibility index (Phi) is 3.93. The number of hydrogen-bond acceptors (Lipinski definition) is 6. The van der Waals surface area contributed by atoms with Gasteiger partial charge in [0.1, 0.15) is 0 Å². The molecule has 0 amide bonds. The number of benzene rings is 1. The molecule has 0 heterocycles. The molecule has 2 rings (SSSR count). The van der Waals surface area contributed by atoms with Crippen molar-refractivity contribution in [3.63, 3.8) is 0 Å². The van der Waals surface area contributed by atoms with Crippen molar-refractivity contribution < 1.29 is 24.0 Å². The number of rotatable bonds is 4. The van der Waals surface area contributed by atoms with E-state index >= 15 is 0 Å². The molecule has 0 spiro atoms. The molecule has 0 N–H and O–H groups in total. The molecule has 0 saturated carbocycles. The van der Waals surface area contributed by atoms with Gasteiger partial charge in [-0.15, -0.1) is 0 Å². The van der Waals surface area contributed by atoms with Gasteiger partial charge in [0, 0.05) is 17.7 Å². The summed E-state index contributed by atoms with van der Waals surface area (Å²) < 4.78 is 4.83. The molecule has 108 valence electrons. The van der Waals surface area contributed by atoms with Crippen LogP contribution in [0.3, 0.4) is 0 Å². The third-order valence-corrected chi connectivity index (χ3v) is 3.08. The Balaban J connectivity index is 2.10. The third-order valence-electron chi connectivity index (χ3n) is 3.08. The number of ketones is 2. The maximum Gasteiger partial charge on any atom is 0.316 e. The molecule has 1 aromatic rings. The van der Waals surface area contributed by atoms with Gasteiger partial charge in [0.15, 0.2) is 11.5 Å². The molecule has 1 aliphatic carbocycles. The van der Waals surface area contributed by atoms with E-state index in [1.165, 1.54) is 25.1 Å². The molecule has 0 radical (unpaired) electrons. The van der Waals surface area contributed by atoms with E-state index in [0.717, 1.165) is 6.08 Å². The van der Waals surface area contributed by atoms with E-state index in [-0.39, 0.29) is 23.4 Å². The van der Waals surface area contributed by atoms with E-state index in [0.29, 0.717) is 0 Å². The second-order valence-corrected chi connectivity index (χ2v) is 4.53. The van der Waals surface area contributed by atoms with Gasteiger partial charge in [0.2, 0.25) is 5.78 Å². The summed E-state index contributed by atoms with van der Waals surface area (Å²) in [7, 11) is 0. The highest BCUT2D eigenvalue weighted by Gasteiger charge is 2.33. The van der Waals surface area contributed by atoms with Gasteiger partial charge < -0.3 is 4.74 Å². The minimum absolute atomic E-state index is 0.179. The normalized spacial score (nSPS) is 17.6. The molecule has 0 saturated heterocycles. The molecule has 21 heavy (non-hydrogen) atoms. The number of nitro groups is 1. The Bertz CT molecular complexity index is 676. The van der Waals surface area contributed by atoms with Crippen molar-refractivity contribution in [3.8, 4) is 0 Å². The van der Waals surface area contributed by atoms with E-state index in [9.17, 15) is 24.5 Å². The molecule has 0 aromatic heterocycles. The monoisotopic (exact) mass is 289 g/mol. The molecule has 0 fully saturated rings. The summed E-state index contributed by atoms with van der Waals surface area (Å²) in [5, 5.41) is 10.8. The standard InChI is InChI=1S/C14H11NO6/c1-8-11(16)7-12(14(8)18)21-13(17)6-9-4-2-3-5-10(9)15(19)20/h2-5,7-8H,6H2,1H3/t8-/m1/s1. The largest absolute Gasteiger partial charge is 0.422 e. The van der Waals surface area contributed by atoms with Gasteiger partial charge in [0.05, 0.1) is 17.3 Å². The number of carbonyl (C=O) groups excluding carboxylic acids is 3. The minimum atomic E-state index is -0.848. The molecular weight excluding hydrogens is 278 g/mol. The van der Waals surface area contributed by atoms with Crippen molar-refractivity contribution in [1.29, 1.82) is 0 Å². The molecular formula is C14H11NO6. The number of nitro benzene ring substituents is 1. The van der Waals surface area contributed by atoms with Gasteiger partial charge in [-0.05, 0) is 6.92 Å². The van der Waals surface area contributed by atoms with Gasteiger partial charge in [-0.1, -0.05) is 18.2 Å². The average Bonchev–Trinajstić information content (AvgIpc) is 2.66. The number of para-hydroxylation sites is 1. The van der Waals surface area contributed by atoms with Crippen LogP contribution < -0.4 is 0 Å². The van der Waals surface area contributed by atoms with E-state index in [1.807, 2.05) is 0 Å². The number of carbonyl (C=O) groups is 3. The fourth-order valence-corrected chi connectivity index (χ4v) is 1.90. The van der Waals surface area contributed by atoms with Crippen LogP contribution in [0.15, 0.2) is 36.1 Å². The van der Waals surface area contributed by atoms with Crippen LogP contribution in [0.5, 0.6) is 0 Å². The van der Waals surface area contributed by atoms with Crippen molar-refractivity contribution in [2.45, 2.75) is 13.3 Å². The van der Waals surface area contributed by atoms with Gasteiger partial charge in [-0.25, -0.2) is 0 Å². The lowest BCUT2D eigenvalue weighted by molar-refractivity contribution is -0.385. The Morgan fingerprint density at radius 2 is 2.00 bits per heavy atom. The van der Waals surface area contributed by atoms with Crippen LogP contribution in [0.1, 0.15) is 12.5 Å². The van der Waals surface area contributed by atoms with Crippen molar-refractivity contribution >= 4 is 23.2 Å². The highest BCUT2D eigenvalue weighted by atomic mass is 16.6. The van der Waals surface area contributed by atoms with Crippen LogP contribution in [-0.4, -0.2) is 22.5 Å². The molecule has 7 heteroatoms. The fourth-order valence-electron chi connectivity index (χ4n) is 1.90. The second-order valence-electron chi connectivity index (χ2n) is 4.53. The van der Waals surface area contributed by atoms with Crippen LogP contribution >= 0.6 is 0 Å². The van der Waals surface area contributed by atoms with Crippen LogP contribution in [0.4, 0.5) is 5.69 Å². The Morgan fingerprint density at radius 3 is 2.57 bits per heavy atom. The predicted octanol–water partition coefficient (Wildman–Crippen LogP) is 1.35. The SMILES string of the molecule is C[C@@H]1C(=O)C=C(OC(=O)Cc2ccccc2[N+](=O)[O-])C1=O. The Hall–Kier alpha value is -2.83. The van der Waals surface area contributed by atoms with Crippen LogP contribution in [-0.2, 0) is 25.5 Å². The van der Waals surface area contributed by atoms with Gasteiger partial charge in [-0.3, -0.25) is 24.5 Å². The first-order chi connectivity index (χ1) is 9.90. The zero-order chi connectivity index (χ0) is 15.6. The highest BCUT2D eigenvalue weighted by Crippen LogP contribution is 2.21. The van der Waals surface area contributed by atoms with Crippen molar-refractivity contribution in [2.75, 3.05) is 0 Å². The summed E-state index contributed by atoms with van der Waals surface area (Å²) in [6, 6.07) is 5.74. The number of nitrogens with zero attached hydrogens (tertiary/aromatic N) is 1. The van der Waals surface area contributed by atoms with E-state index in [2.05, 4.69) is 0 Å². The average molecular weight is 289 g/mol. The number of hydrogen-bond donors (Lipinski definition) is 0. The summed E-state index contributed by atoms with van der Waals surface area (Å²) >= 11 is 0. The van der Waals surface area contributed by atoms with Crippen LogP contribution in [0.2, 0.25) is 0 Å². The maximum atomic E-state index is 11.8.